The monoisotopic (exact) mass is 383 g/mol. The number of carbonyl (C=O) groups excluding carboxylic acids is 2. The molecule has 0 aromatic heterocycles. The lowest BCUT2D eigenvalue weighted by Gasteiger charge is -2.08. The third kappa shape index (κ3) is 4.92. The number of amides is 1. The van der Waals surface area contributed by atoms with Crippen LogP contribution in [0.3, 0.4) is 0 Å². The summed E-state index contributed by atoms with van der Waals surface area (Å²) in [5.74, 6) is -1.70. The Hall–Kier alpha value is -3.18. The van der Waals surface area contributed by atoms with E-state index in [1.165, 1.54) is 12.1 Å². The van der Waals surface area contributed by atoms with Gasteiger partial charge in [0.25, 0.3) is 5.91 Å². The molecule has 0 saturated carbocycles. The zero-order valence-electron chi connectivity index (χ0n) is 14.1. The predicted octanol–water partition coefficient (Wildman–Crippen LogP) is 4.94. The molecule has 1 amide bonds. The van der Waals surface area contributed by atoms with Gasteiger partial charge in [0.1, 0.15) is 5.82 Å². The first-order valence-electron chi connectivity index (χ1n) is 8.10. The molecule has 136 valence electrons. The molecule has 3 rings (SSSR count). The van der Waals surface area contributed by atoms with Gasteiger partial charge in [-0.15, -0.1) is 0 Å². The SMILES string of the molecule is O=C(COC(=O)c1ccc(-c2ccccc2)cc1)Nc1ccc(F)cc1Cl. The van der Waals surface area contributed by atoms with Crippen LogP contribution in [0.4, 0.5) is 10.1 Å². The van der Waals surface area contributed by atoms with E-state index in [9.17, 15) is 14.0 Å². The van der Waals surface area contributed by atoms with Gasteiger partial charge in [-0.25, -0.2) is 9.18 Å². The molecule has 0 unspecified atom stereocenters. The van der Waals surface area contributed by atoms with Crippen molar-refractivity contribution in [3.63, 3.8) is 0 Å². The van der Waals surface area contributed by atoms with E-state index in [1.807, 2.05) is 42.5 Å². The lowest BCUT2D eigenvalue weighted by atomic mass is 10.0. The molecule has 0 fully saturated rings. The summed E-state index contributed by atoms with van der Waals surface area (Å²) in [4.78, 5) is 24.0. The second-order valence-electron chi connectivity index (χ2n) is 5.69. The van der Waals surface area contributed by atoms with Crippen molar-refractivity contribution in [2.24, 2.45) is 0 Å². The van der Waals surface area contributed by atoms with E-state index >= 15 is 0 Å². The molecule has 0 aliphatic carbocycles. The van der Waals surface area contributed by atoms with Gasteiger partial charge >= 0.3 is 5.97 Å². The summed E-state index contributed by atoms with van der Waals surface area (Å²) in [6.45, 7) is -0.479. The maximum atomic E-state index is 13.0. The number of anilines is 1. The van der Waals surface area contributed by atoms with Crippen molar-refractivity contribution in [3.05, 3.63) is 89.2 Å². The van der Waals surface area contributed by atoms with Gasteiger partial charge in [-0.3, -0.25) is 4.79 Å². The predicted molar refractivity (Wildman–Crippen MR) is 102 cm³/mol. The highest BCUT2D eigenvalue weighted by Gasteiger charge is 2.12. The summed E-state index contributed by atoms with van der Waals surface area (Å²) in [6, 6.07) is 20.2. The molecule has 0 atom stereocenters. The maximum Gasteiger partial charge on any atom is 0.338 e. The summed E-state index contributed by atoms with van der Waals surface area (Å²) >= 11 is 5.84. The minimum absolute atomic E-state index is 0.0613. The van der Waals surface area contributed by atoms with E-state index in [4.69, 9.17) is 16.3 Å². The molecule has 0 radical (unpaired) electrons. The molecule has 0 spiro atoms. The number of hydrogen-bond donors (Lipinski definition) is 1. The Labute approximate surface area is 160 Å². The Kier molecular flexibility index (Phi) is 5.84. The molecular weight excluding hydrogens is 369 g/mol. The van der Waals surface area contributed by atoms with Crippen molar-refractivity contribution in [1.29, 1.82) is 0 Å². The fourth-order valence-corrected chi connectivity index (χ4v) is 2.64. The highest BCUT2D eigenvalue weighted by Crippen LogP contribution is 2.22. The number of esters is 1. The first-order valence-corrected chi connectivity index (χ1v) is 8.48. The first kappa shape index (κ1) is 18.6. The van der Waals surface area contributed by atoms with E-state index in [1.54, 1.807) is 12.1 Å². The molecule has 3 aromatic carbocycles. The Morgan fingerprint density at radius 2 is 1.59 bits per heavy atom. The van der Waals surface area contributed by atoms with Crippen LogP contribution in [0, 0.1) is 5.82 Å². The zero-order valence-corrected chi connectivity index (χ0v) is 14.9. The Bertz CT molecular complexity index is 959. The van der Waals surface area contributed by atoms with Gasteiger partial charge in [0.15, 0.2) is 6.61 Å². The number of hydrogen-bond acceptors (Lipinski definition) is 3. The van der Waals surface area contributed by atoms with Crippen molar-refractivity contribution >= 4 is 29.2 Å². The van der Waals surface area contributed by atoms with Gasteiger partial charge in [0.05, 0.1) is 16.3 Å². The van der Waals surface area contributed by atoms with Gasteiger partial charge in [0, 0.05) is 0 Å². The normalized spacial score (nSPS) is 10.3. The number of halogens is 2. The molecule has 0 aliphatic rings. The zero-order chi connectivity index (χ0) is 19.2. The number of carbonyl (C=O) groups is 2. The third-order valence-corrected chi connectivity index (χ3v) is 4.08. The van der Waals surface area contributed by atoms with Crippen LogP contribution in [-0.4, -0.2) is 18.5 Å². The molecule has 6 heteroatoms. The van der Waals surface area contributed by atoms with Crippen LogP contribution in [0.5, 0.6) is 0 Å². The number of benzene rings is 3. The second kappa shape index (κ2) is 8.47. The molecule has 27 heavy (non-hydrogen) atoms. The highest BCUT2D eigenvalue weighted by molar-refractivity contribution is 6.33. The van der Waals surface area contributed by atoms with E-state index < -0.39 is 24.3 Å². The molecular formula is C21H15ClFNO3. The number of ether oxygens (including phenoxy) is 1. The molecule has 4 nitrogen and oxygen atoms in total. The molecule has 0 saturated heterocycles. The summed E-state index contributed by atoms with van der Waals surface area (Å²) in [7, 11) is 0. The smallest absolute Gasteiger partial charge is 0.338 e. The van der Waals surface area contributed by atoms with Crippen LogP contribution < -0.4 is 5.32 Å². The van der Waals surface area contributed by atoms with Gasteiger partial charge in [-0.05, 0) is 41.5 Å². The van der Waals surface area contributed by atoms with Crippen LogP contribution in [-0.2, 0) is 9.53 Å². The van der Waals surface area contributed by atoms with Crippen molar-refractivity contribution in [2.45, 2.75) is 0 Å². The molecule has 0 aliphatic heterocycles. The third-order valence-electron chi connectivity index (χ3n) is 3.77. The average Bonchev–Trinajstić information content (AvgIpc) is 2.69. The van der Waals surface area contributed by atoms with E-state index in [-0.39, 0.29) is 10.7 Å². The lowest BCUT2D eigenvalue weighted by Crippen LogP contribution is -2.21. The molecule has 3 aromatic rings. The van der Waals surface area contributed by atoms with Gasteiger partial charge in [-0.2, -0.15) is 0 Å². The van der Waals surface area contributed by atoms with Gasteiger partial charge in [-0.1, -0.05) is 54.1 Å². The topological polar surface area (TPSA) is 55.4 Å². The van der Waals surface area contributed by atoms with Crippen LogP contribution in [0.25, 0.3) is 11.1 Å². The molecule has 1 N–H and O–H groups in total. The summed E-state index contributed by atoms with van der Waals surface area (Å²) in [5.41, 5.74) is 2.58. The second-order valence-corrected chi connectivity index (χ2v) is 6.10. The molecule has 0 heterocycles. The summed E-state index contributed by atoms with van der Waals surface area (Å²) in [5, 5.41) is 2.52. The van der Waals surface area contributed by atoms with Crippen molar-refractivity contribution in [2.75, 3.05) is 11.9 Å². The van der Waals surface area contributed by atoms with E-state index in [0.29, 0.717) is 5.56 Å². The Morgan fingerprint density at radius 1 is 0.926 bits per heavy atom. The summed E-state index contributed by atoms with van der Waals surface area (Å²) < 4.78 is 18.0. The van der Waals surface area contributed by atoms with Crippen molar-refractivity contribution in [3.8, 4) is 11.1 Å². The largest absolute Gasteiger partial charge is 0.452 e. The van der Waals surface area contributed by atoms with Crippen LogP contribution in [0.1, 0.15) is 10.4 Å². The van der Waals surface area contributed by atoms with Gasteiger partial charge < -0.3 is 10.1 Å². The first-order chi connectivity index (χ1) is 13.0. The fourth-order valence-electron chi connectivity index (χ4n) is 2.42. The summed E-state index contributed by atoms with van der Waals surface area (Å²) in [6.07, 6.45) is 0. The van der Waals surface area contributed by atoms with E-state index in [2.05, 4.69) is 5.32 Å². The maximum absolute atomic E-state index is 13.0. The van der Waals surface area contributed by atoms with Crippen LogP contribution >= 0.6 is 11.6 Å². The highest BCUT2D eigenvalue weighted by atomic mass is 35.5. The van der Waals surface area contributed by atoms with E-state index in [0.717, 1.165) is 17.2 Å². The molecule has 0 bridgehead atoms. The Morgan fingerprint density at radius 3 is 2.26 bits per heavy atom. The number of nitrogens with one attached hydrogen (secondary N) is 1. The quantitative estimate of drug-likeness (QED) is 0.635. The van der Waals surface area contributed by atoms with Crippen LogP contribution in [0.2, 0.25) is 5.02 Å². The number of rotatable bonds is 5. The minimum atomic E-state index is -0.616. The standard InChI is InChI=1S/C21H15ClFNO3/c22-18-12-17(23)10-11-19(18)24-20(25)13-27-21(26)16-8-6-15(7-9-16)14-4-2-1-3-5-14/h1-12H,13H2,(H,24,25). The lowest BCUT2D eigenvalue weighted by molar-refractivity contribution is -0.119. The fraction of sp³-hybridized carbons (Fsp3) is 0.0476. The van der Waals surface area contributed by atoms with Gasteiger partial charge in [0.2, 0.25) is 0 Å². The average molecular weight is 384 g/mol. The van der Waals surface area contributed by atoms with Crippen molar-refractivity contribution in [1.82, 2.24) is 0 Å². The minimum Gasteiger partial charge on any atom is -0.452 e. The Balaban J connectivity index is 1.56. The van der Waals surface area contributed by atoms with Crippen molar-refractivity contribution < 1.29 is 18.7 Å². The van der Waals surface area contributed by atoms with Crippen LogP contribution in [0.15, 0.2) is 72.8 Å².